The number of rotatable bonds is 3. The first kappa shape index (κ1) is 11.4. The number of benzene rings is 2. The molecule has 0 nitrogen and oxygen atoms in total. The summed E-state index contributed by atoms with van der Waals surface area (Å²) in [5, 5.41) is 0. The van der Waals surface area contributed by atoms with Crippen LogP contribution in [0.5, 0.6) is 0 Å². The number of hydrogen-bond donors (Lipinski definition) is 0. The summed E-state index contributed by atoms with van der Waals surface area (Å²) in [5.41, 5.74) is 4.69. The van der Waals surface area contributed by atoms with E-state index in [-0.39, 0.29) is 0 Å². The first-order chi connectivity index (χ1) is 8.27. The normalized spacial score (nSPS) is 11.2. The van der Waals surface area contributed by atoms with E-state index in [0.717, 1.165) is 5.57 Å². The van der Waals surface area contributed by atoms with Gasteiger partial charge in [0, 0.05) is 0 Å². The van der Waals surface area contributed by atoms with Crippen molar-refractivity contribution >= 4 is 11.6 Å². The van der Waals surface area contributed by atoms with Crippen LogP contribution in [0.2, 0.25) is 0 Å². The Balaban J connectivity index is 2.44. The van der Waals surface area contributed by atoms with Gasteiger partial charge in [-0.3, -0.25) is 0 Å². The van der Waals surface area contributed by atoms with Gasteiger partial charge in [-0.25, -0.2) is 0 Å². The van der Waals surface area contributed by atoms with Gasteiger partial charge in [0.25, 0.3) is 0 Å². The van der Waals surface area contributed by atoms with Gasteiger partial charge < -0.3 is 0 Å². The first-order valence-electron chi connectivity index (χ1n) is 5.75. The monoisotopic (exact) mass is 220 g/mol. The molecule has 0 radical (unpaired) electrons. The molecular formula is C17H16. The molecule has 0 unspecified atom stereocenters. The fourth-order valence-electron chi connectivity index (χ4n) is 1.79. The Labute approximate surface area is 103 Å². The molecule has 0 bridgehead atoms. The molecule has 0 spiro atoms. The summed E-state index contributed by atoms with van der Waals surface area (Å²) >= 11 is 0. The molecule has 0 fully saturated rings. The second-order valence-electron chi connectivity index (χ2n) is 4.12. The molecule has 17 heavy (non-hydrogen) atoms. The molecule has 2 aromatic rings. The summed E-state index contributed by atoms with van der Waals surface area (Å²) in [6, 6.07) is 20.7. The van der Waals surface area contributed by atoms with Crippen molar-refractivity contribution in [2.75, 3.05) is 0 Å². The summed E-state index contributed by atoms with van der Waals surface area (Å²) in [4.78, 5) is 0. The molecule has 84 valence electrons. The average Bonchev–Trinajstić information content (AvgIpc) is 2.38. The molecule has 0 saturated heterocycles. The van der Waals surface area contributed by atoms with E-state index in [1.807, 2.05) is 31.2 Å². The lowest BCUT2D eigenvalue weighted by Crippen LogP contribution is -1.85. The van der Waals surface area contributed by atoms with Gasteiger partial charge in [-0.1, -0.05) is 72.8 Å². The minimum absolute atomic E-state index is 1.08. The molecule has 0 amide bonds. The van der Waals surface area contributed by atoms with E-state index in [9.17, 15) is 0 Å². The zero-order valence-corrected chi connectivity index (χ0v) is 10.1. The van der Waals surface area contributed by atoms with Gasteiger partial charge in [0.15, 0.2) is 0 Å². The second kappa shape index (κ2) is 5.31. The Kier molecular flexibility index (Phi) is 3.56. The van der Waals surface area contributed by atoms with E-state index in [4.69, 9.17) is 0 Å². The van der Waals surface area contributed by atoms with Crippen molar-refractivity contribution in [3.8, 4) is 0 Å². The van der Waals surface area contributed by atoms with E-state index in [1.54, 1.807) is 0 Å². The lowest BCUT2D eigenvalue weighted by Gasteiger charge is -2.07. The summed E-state index contributed by atoms with van der Waals surface area (Å²) in [5.74, 6) is 0. The summed E-state index contributed by atoms with van der Waals surface area (Å²) in [6.07, 6.45) is 2.18. The van der Waals surface area contributed by atoms with Crippen LogP contribution < -0.4 is 0 Å². The van der Waals surface area contributed by atoms with Crippen LogP contribution in [-0.2, 0) is 0 Å². The lowest BCUT2D eigenvalue weighted by molar-refractivity contribution is 1.52. The second-order valence-corrected chi connectivity index (χ2v) is 4.12. The van der Waals surface area contributed by atoms with Gasteiger partial charge in [-0.2, -0.15) is 0 Å². The fraction of sp³-hybridized carbons (Fsp3) is 0.0588. The van der Waals surface area contributed by atoms with E-state index in [2.05, 4.69) is 49.1 Å². The van der Waals surface area contributed by atoms with Crippen LogP contribution >= 0.6 is 0 Å². The molecular weight excluding hydrogens is 204 g/mol. The topological polar surface area (TPSA) is 0 Å². The highest BCUT2D eigenvalue weighted by molar-refractivity contribution is 5.90. The van der Waals surface area contributed by atoms with E-state index < -0.39 is 0 Å². The number of allylic oxidation sites excluding steroid dienone is 2. The quantitative estimate of drug-likeness (QED) is 0.514. The first-order valence-corrected chi connectivity index (χ1v) is 5.75. The molecule has 0 aromatic heterocycles. The molecule has 0 aliphatic heterocycles. The zero-order valence-electron chi connectivity index (χ0n) is 10.1. The highest BCUT2D eigenvalue weighted by Crippen LogP contribution is 2.24. The maximum absolute atomic E-state index is 4.06. The third-order valence-corrected chi connectivity index (χ3v) is 2.66. The minimum Gasteiger partial charge on any atom is -0.0955 e. The highest BCUT2D eigenvalue weighted by Gasteiger charge is 2.01. The van der Waals surface area contributed by atoms with Gasteiger partial charge >= 0.3 is 0 Å². The summed E-state index contributed by atoms with van der Waals surface area (Å²) in [7, 11) is 0. The molecule has 2 aromatic carbocycles. The van der Waals surface area contributed by atoms with Crippen molar-refractivity contribution < 1.29 is 0 Å². The molecule has 0 atom stereocenters. The van der Waals surface area contributed by atoms with Crippen molar-refractivity contribution in [2.45, 2.75) is 6.92 Å². The predicted octanol–water partition coefficient (Wildman–Crippen LogP) is 4.80. The zero-order chi connectivity index (χ0) is 12.1. The maximum Gasteiger partial charge on any atom is -0.0155 e. The van der Waals surface area contributed by atoms with E-state index >= 15 is 0 Å². The Morgan fingerprint density at radius 3 is 1.94 bits per heavy atom. The van der Waals surface area contributed by atoms with Gasteiger partial charge in [0.2, 0.25) is 0 Å². The van der Waals surface area contributed by atoms with Crippen molar-refractivity contribution in [1.82, 2.24) is 0 Å². The van der Waals surface area contributed by atoms with Crippen LogP contribution in [0.4, 0.5) is 0 Å². The third kappa shape index (κ3) is 2.94. The molecule has 0 aliphatic rings. The van der Waals surface area contributed by atoms with E-state index in [0.29, 0.717) is 0 Å². The minimum atomic E-state index is 1.08. The molecule has 2 rings (SSSR count). The average molecular weight is 220 g/mol. The van der Waals surface area contributed by atoms with Gasteiger partial charge in [0.05, 0.1) is 0 Å². The van der Waals surface area contributed by atoms with E-state index in [1.165, 1.54) is 16.7 Å². The predicted molar refractivity (Wildman–Crippen MR) is 75.6 cm³/mol. The van der Waals surface area contributed by atoms with Crippen molar-refractivity contribution in [1.29, 1.82) is 0 Å². The maximum atomic E-state index is 4.06. The SMILES string of the molecule is C=C(C)/C(=C/c1ccccc1)c1ccccc1. The van der Waals surface area contributed by atoms with Crippen LogP contribution in [0.25, 0.3) is 11.6 Å². The number of hydrogen-bond acceptors (Lipinski definition) is 0. The largest absolute Gasteiger partial charge is 0.0955 e. The van der Waals surface area contributed by atoms with Gasteiger partial charge in [-0.05, 0) is 29.7 Å². The highest BCUT2D eigenvalue weighted by atomic mass is 14.1. The van der Waals surface area contributed by atoms with Crippen LogP contribution in [-0.4, -0.2) is 0 Å². The van der Waals surface area contributed by atoms with Crippen molar-refractivity contribution in [3.63, 3.8) is 0 Å². The molecule has 0 saturated carbocycles. The summed E-state index contributed by atoms with van der Waals surface area (Å²) < 4.78 is 0. The smallest absolute Gasteiger partial charge is 0.0155 e. The standard InChI is InChI=1S/C17H16/c1-14(2)17(16-11-7-4-8-12-16)13-15-9-5-3-6-10-15/h3-13H,1H2,2H3/b17-13-. The van der Waals surface area contributed by atoms with Gasteiger partial charge in [0.1, 0.15) is 0 Å². The van der Waals surface area contributed by atoms with Crippen LogP contribution in [0, 0.1) is 0 Å². The fourth-order valence-corrected chi connectivity index (χ4v) is 1.79. The van der Waals surface area contributed by atoms with Crippen LogP contribution in [0.15, 0.2) is 72.8 Å². The Bertz CT molecular complexity index is 518. The molecule has 0 N–H and O–H groups in total. The Hall–Kier alpha value is -2.08. The third-order valence-electron chi connectivity index (χ3n) is 2.66. The van der Waals surface area contributed by atoms with Crippen molar-refractivity contribution in [2.24, 2.45) is 0 Å². The lowest BCUT2D eigenvalue weighted by atomic mass is 9.98. The summed E-state index contributed by atoms with van der Waals surface area (Å²) in [6.45, 7) is 6.10. The molecule has 0 heterocycles. The van der Waals surface area contributed by atoms with Crippen molar-refractivity contribution in [3.05, 3.63) is 83.9 Å². The van der Waals surface area contributed by atoms with Crippen LogP contribution in [0.3, 0.4) is 0 Å². The van der Waals surface area contributed by atoms with Crippen LogP contribution in [0.1, 0.15) is 18.1 Å². The Morgan fingerprint density at radius 1 is 0.882 bits per heavy atom. The Morgan fingerprint density at radius 2 is 1.41 bits per heavy atom. The van der Waals surface area contributed by atoms with Gasteiger partial charge in [-0.15, -0.1) is 0 Å². The molecule has 0 aliphatic carbocycles. The molecule has 0 heteroatoms.